The van der Waals surface area contributed by atoms with Gasteiger partial charge in [0.05, 0.1) is 47.7 Å². The first kappa shape index (κ1) is 37.1. The Kier molecular flexibility index (Phi) is 9.02. The number of hydrogen-bond donors (Lipinski definition) is 5. The Morgan fingerprint density at radius 2 is 1.54 bits per heavy atom. The second-order valence-corrected chi connectivity index (χ2v) is 18.3. The summed E-state index contributed by atoms with van der Waals surface area (Å²) in [6.45, 7) is 15.7. The van der Waals surface area contributed by atoms with Gasteiger partial charge in [0, 0.05) is 10.8 Å². The van der Waals surface area contributed by atoms with Crippen LogP contribution in [0.15, 0.2) is 53.8 Å². The van der Waals surface area contributed by atoms with E-state index < -0.39 is 70.5 Å². The van der Waals surface area contributed by atoms with Gasteiger partial charge >= 0.3 is 11.9 Å². The maximum absolute atomic E-state index is 13.8. The fourth-order valence-electron chi connectivity index (χ4n) is 12.3. The highest BCUT2D eigenvalue weighted by Crippen LogP contribution is 2.76. The average molecular weight is 695 g/mol. The maximum Gasteiger partial charge on any atom is 0.338 e. The molecule has 0 amide bonds. The van der Waals surface area contributed by atoms with Crippen molar-refractivity contribution in [3.8, 4) is 0 Å². The molecule has 6 rings (SSSR count). The summed E-state index contributed by atoms with van der Waals surface area (Å²) in [6, 6.07) is 8.40. The Labute approximate surface area is 296 Å². The van der Waals surface area contributed by atoms with Crippen LogP contribution in [0.25, 0.3) is 0 Å². The second kappa shape index (κ2) is 12.2. The zero-order valence-corrected chi connectivity index (χ0v) is 31.0. The summed E-state index contributed by atoms with van der Waals surface area (Å²) in [5.41, 5.74) is -2.98. The molecule has 9 nitrogen and oxygen atoms in total. The van der Waals surface area contributed by atoms with Crippen LogP contribution in [-0.4, -0.2) is 74.6 Å². The maximum atomic E-state index is 13.8. The van der Waals surface area contributed by atoms with Gasteiger partial charge in [0.1, 0.15) is 6.10 Å². The van der Waals surface area contributed by atoms with E-state index >= 15 is 0 Å². The molecule has 1 aromatic rings. The third-order valence-electron chi connectivity index (χ3n) is 15.4. The predicted octanol–water partition coefficient (Wildman–Crippen LogP) is 5.90. The summed E-state index contributed by atoms with van der Waals surface area (Å²) < 4.78 is 12.4. The van der Waals surface area contributed by atoms with Gasteiger partial charge in [-0.1, -0.05) is 78.3 Å². The van der Waals surface area contributed by atoms with E-state index in [1.54, 1.807) is 30.3 Å². The van der Waals surface area contributed by atoms with E-state index in [1.165, 1.54) is 6.92 Å². The number of rotatable bonds is 5. The van der Waals surface area contributed by atoms with Gasteiger partial charge in [0.15, 0.2) is 6.10 Å². The zero-order chi connectivity index (χ0) is 36.8. The van der Waals surface area contributed by atoms with E-state index in [0.29, 0.717) is 18.6 Å². The van der Waals surface area contributed by atoms with E-state index in [1.807, 2.05) is 13.8 Å². The van der Waals surface area contributed by atoms with Crippen molar-refractivity contribution in [3.05, 3.63) is 59.4 Å². The Balaban J connectivity index is 1.51. The number of carbonyl (C=O) groups excluding carboxylic acids is 2. The van der Waals surface area contributed by atoms with E-state index in [9.17, 15) is 35.1 Å². The van der Waals surface area contributed by atoms with E-state index in [0.717, 1.165) is 37.7 Å². The number of aliphatic hydroxyl groups is 5. The summed E-state index contributed by atoms with van der Waals surface area (Å²) in [7, 11) is 0. The van der Waals surface area contributed by atoms with Crippen LogP contribution in [0.3, 0.4) is 0 Å². The van der Waals surface area contributed by atoms with Crippen LogP contribution in [0.4, 0.5) is 0 Å². The number of ether oxygens (including phenoxy) is 2. The van der Waals surface area contributed by atoms with Crippen molar-refractivity contribution in [1.82, 2.24) is 0 Å². The molecule has 5 N–H and O–H groups in total. The molecular formula is C41H58O9. The van der Waals surface area contributed by atoms with Crippen molar-refractivity contribution >= 4 is 11.9 Å². The largest absolute Gasteiger partial charge is 0.515 e. The number of esters is 2. The van der Waals surface area contributed by atoms with Crippen LogP contribution < -0.4 is 0 Å². The van der Waals surface area contributed by atoms with Crippen LogP contribution in [0.1, 0.15) is 104 Å². The second-order valence-electron chi connectivity index (χ2n) is 18.3. The number of allylic oxidation sites excluding steroid dienone is 1. The SMILES string of the molecule is C/C(=C/O)C(=O)O[C@H]1[C@H](OC(=O)c2ccccc2)[C@@]2(CO)C(CC1(C)C)C1=CCC3[C@@]4(C)CC[C@H](O)C(C)(C)C4CC[C@@]3(C)[C@]1(C)[C@@H](O)[C@H]2O. The molecule has 0 heterocycles. The Morgan fingerprint density at radius 3 is 2.16 bits per heavy atom. The van der Waals surface area contributed by atoms with Crippen molar-refractivity contribution < 1.29 is 44.6 Å². The van der Waals surface area contributed by atoms with E-state index in [2.05, 4.69) is 40.7 Å². The van der Waals surface area contributed by atoms with Crippen LogP contribution in [0.2, 0.25) is 0 Å². The highest BCUT2D eigenvalue weighted by molar-refractivity contribution is 5.90. The summed E-state index contributed by atoms with van der Waals surface area (Å²) >= 11 is 0. The normalized spacial score (nSPS) is 44.7. The number of carbonyl (C=O) groups is 2. The molecule has 0 aliphatic heterocycles. The van der Waals surface area contributed by atoms with E-state index in [4.69, 9.17) is 9.47 Å². The standard InChI is InChI=1S/C41H58O9/c1-23(21-42)34(47)49-32-33(50-35(48)24-12-10-9-11-13-24)41(22-43)26(20-36(32,2)3)25-14-15-28-38(6)18-17-29(44)37(4,5)27(38)16-19-39(28,7)40(25,8)30(45)31(41)46/h9-14,21,26-33,42-46H,15-20,22H2,1-8H3/b23-21-/t26?,27?,28?,29-,30-,31+,32-,33-,38-,39+,40-,41-/m0/s1. The Bertz CT molecular complexity index is 1560. The summed E-state index contributed by atoms with van der Waals surface area (Å²) in [5, 5.41) is 57.5. The number of fused-ring (bicyclic) bond motifs is 7. The van der Waals surface area contributed by atoms with Gasteiger partial charge in [0.25, 0.3) is 0 Å². The molecule has 5 aliphatic rings. The lowest BCUT2D eigenvalue weighted by Crippen LogP contribution is -2.76. The molecule has 9 heteroatoms. The lowest BCUT2D eigenvalue weighted by atomic mass is 9.32. The molecule has 276 valence electrons. The minimum atomic E-state index is -1.62. The highest BCUT2D eigenvalue weighted by atomic mass is 16.6. The van der Waals surface area contributed by atoms with Crippen molar-refractivity contribution in [2.24, 2.45) is 50.2 Å². The van der Waals surface area contributed by atoms with Gasteiger partial charge < -0.3 is 35.0 Å². The molecule has 0 spiro atoms. The van der Waals surface area contributed by atoms with Gasteiger partial charge in [-0.05, 0) is 91.6 Å². The van der Waals surface area contributed by atoms with Crippen molar-refractivity contribution in [2.75, 3.05) is 6.61 Å². The van der Waals surface area contributed by atoms with Crippen molar-refractivity contribution in [2.45, 2.75) is 124 Å². The molecule has 0 bridgehead atoms. The fraction of sp³-hybridized carbons (Fsp3) is 0.707. The first-order valence-corrected chi connectivity index (χ1v) is 18.4. The molecule has 0 aromatic heterocycles. The number of aliphatic hydroxyl groups excluding tert-OH is 5. The first-order chi connectivity index (χ1) is 23.3. The van der Waals surface area contributed by atoms with Crippen molar-refractivity contribution in [1.29, 1.82) is 0 Å². The Morgan fingerprint density at radius 1 is 0.880 bits per heavy atom. The third kappa shape index (κ3) is 4.85. The van der Waals surface area contributed by atoms with Gasteiger partial charge in [0.2, 0.25) is 0 Å². The lowest BCUT2D eigenvalue weighted by molar-refractivity contribution is -0.289. The van der Waals surface area contributed by atoms with Gasteiger partial charge in [-0.2, -0.15) is 0 Å². The van der Waals surface area contributed by atoms with Gasteiger partial charge in [-0.3, -0.25) is 0 Å². The summed E-state index contributed by atoms with van der Waals surface area (Å²) in [4.78, 5) is 27.1. The van der Waals surface area contributed by atoms with Crippen LogP contribution in [0.5, 0.6) is 0 Å². The summed E-state index contributed by atoms with van der Waals surface area (Å²) in [6.07, 6.45) is 1.54. The fourth-order valence-corrected chi connectivity index (χ4v) is 12.3. The molecule has 50 heavy (non-hydrogen) atoms. The Hall–Kier alpha value is -2.72. The van der Waals surface area contributed by atoms with Crippen LogP contribution in [-0.2, 0) is 14.3 Å². The molecule has 0 radical (unpaired) electrons. The molecule has 12 atom stereocenters. The van der Waals surface area contributed by atoms with Crippen LogP contribution in [0, 0.1) is 50.2 Å². The molecule has 4 saturated carbocycles. The molecule has 4 fully saturated rings. The highest BCUT2D eigenvalue weighted by Gasteiger charge is 2.76. The topological polar surface area (TPSA) is 154 Å². The first-order valence-electron chi connectivity index (χ1n) is 18.4. The number of benzene rings is 1. The van der Waals surface area contributed by atoms with E-state index in [-0.39, 0.29) is 34.0 Å². The molecule has 3 unspecified atom stereocenters. The minimum absolute atomic E-state index is 0.0534. The zero-order valence-electron chi connectivity index (χ0n) is 31.0. The quantitative estimate of drug-likeness (QED) is 0.110. The third-order valence-corrected chi connectivity index (χ3v) is 15.4. The predicted molar refractivity (Wildman–Crippen MR) is 188 cm³/mol. The average Bonchev–Trinajstić information content (AvgIpc) is 3.07. The van der Waals surface area contributed by atoms with Gasteiger partial charge in [-0.15, -0.1) is 0 Å². The monoisotopic (exact) mass is 694 g/mol. The van der Waals surface area contributed by atoms with Crippen molar-refractivity contribution in [3.63, 3.8) is 0 Å². The van der Waals surface area contributed by atoms with Gasteiger partial charge in [-0.25, -0.2) is 9.59 Å². The molecule has 5 aliphatic carbocycles. The smallest absolute Gasteiger partial charge is 0.338 e. The summed E-state index contributed by atoms with van der Waals surface area (Å²) in [5.74, 6) is -1.59. The molecule has 0 saturated heterocycles. The minimum Gasteiger partial charge on any atom is -0.515 e. The lowest BCUT2D eigenvalue weighted by Gasteiger charge is -2.73. The molecular weight excluding hydrogens is 636 g/mol. The van der Waals surface area contributed by atoms with Crippen LogP contribution >= 0.6 is 0 Å². The number of hydrogen-bond acceptors (Lipinski definition) is 9. The molecule has 1 aromatic carbocycles.